The molecule has 3 nitrogen and oxygen atoms in total. The maximum Gasteiger partial charge on any atom is 0.143 e. The van der Waals surface area contributed by atoms with Gasteiger partial charge in [0.15, 0.2) is 0 Å². The van der Waals surface area contributed by atoms with Crippen molar-refractivity contribution in [3.8, 4) is 0 Å². The van der Waals surface area contributed by atoms with Gasteiger partial charge in [0.05, 0.1) is 12.4 Å². The number of unbranched alkanes of at least 4 members (excludes halogenated alkanes) is 3. The van der Waals surface area contributed by atoms with E-state index in [9.17, 15) is 9.59 Å². The predicted molar refractivity (Wildman–Crippen MR) is 135 cm³/mol. The van der Waals surface area contributed by atoms with Gasteiger partial charge in [0, 0.05) is 18.8 Å². The fourth-order valence-electron chi connectivity index (χ4n) is 5.28. The summed E-state index contributed by atoms with van der Waals surface area (Å²) in [6.45, 7) is 17.4. The number of aldehydes is 1. The van der Waals surface area contributed by atoms with Crippen LogP contribution in [-0.2, 0) is 14.3 Å². The van der Waals surface area contributed by atoms with Crippen LogP contribution in [0.1, 0.15) is 92.1 Å². The zero-order valence-electron chi connectivity index (χ0n) is 21.2. The molecule has 3 heteroatoms. The van der Waals surface area contributed by atoms with Crippen LogP contribution in [0.4, 0.5) is 0 Å². The summed E-state index contributed by atoms with van der Waals surface area (Å²) in [6, 6.07) is 10.2. The molecule has 0 spiro atoms. The Morgan fingerprint density at radius 2 is 1.62 bits per heavy atom. The molecule has 2 rings (SSSR count). The van der Waals surface area contributed by atoms with Crippen LogP contribution in [0.25, 0.3) is 5.57 Å². The number of allylic oxidation sites excluding steroid dienone is 3. The van der Waals surface area contributed by atoms with E-state index in [0.717, 1.165) is 24.0 Å². The molecule has 0 unspecified atom stereocenters. The summed E-state index contributed by atoms with van der Waals surface area (Å²) in [6.07, 6.45) is 9.80. The highest BCUT2D eigenvalue weighted by Crippen LogP contribution is 2.52. The Hall–Kier alpha value is -2.16. The molecule has 0 aliphatic heterocycles. The van der Waals surface area contributed by atoms with E-state index in [1.807, 2.05) is 25.1 Å². The molecule has 0 N–H and O–H groups in total. The van der Waals surface area contributed by atoms with Gasteiger partial charge in [-0.1, -0.05) is 90.8 Å². The number of Topliss-reactive ketones (excluding diaryl/α,β-unsaturated/α-hetero) is 1. The van der Waals surface area contributed by atoms with Gasteiger partial charge in [-0.25, -0.2) is 0 Å². The summed E-state index contributed by atoms with van der Waals surface area (Å²) in [4.78, 5) is 22.4. The van der Waals surface area contributed by atoms with E-state index < -0.39 is 0 Å². The average Bonchev–Trinajstić information content (AvgIpc) is 2.69. The van der Waals surface area contributed by atoms with Crippen LogP contribution < -0.4 is 0 Å². The largest absolute Gasteiger partial charge is 0.499 e. The highest BCUT2D eigenvalue weighted by atomic mass is 16.5. The molecule has 1 aromatic carbocycles. The molecule has 1 aliphatic carbocycles. The fraction of sp³-hybridized carbons (Fsp3) is 0.586. The van der Waals surface area contributed by atoms with Gasteiger partial charge < -0.3 is 4.74 Å². The van der Waals surface area contributed by atoms with Crippen LogP contribution in [0, 0.1) is 16.7 Å². The minimum Gasteiger partial charge on any atom is -0.499 e. The Bertz CT molecular complexity index is 736. The molecule has 1 fully saturated rings. The Morgan fingerprint density at radius 1 is 1.03 bits per heavy atom. The first-order valence-corrected chi connectivity index (χ1v) is 12.1. The van der Waals surface area contributed by atoms with E-state index >= 15 is 0 Å². The second kappa shape index (κ2) is 13.4. The number of rotatable bonds is 10. The van der Waals surface area contributed by atoms with Gasteiger partial charge >= 0.3 is 0 Å². The van der Waals surface area contributed by atoms with Crippen LogP contribution in [0.2, 0.25) is 0 Å². The molecule has 0 atom stereocenters. The molecule has 0 bridgehead atoms. The number of hydrogen-bond acceptors (Lipinski definition) is 3. The zero-order chi connectivity index (χ0) is 24.2. The lowest BCUT2D eigenvalue weighted by atomic mass is 9.56. The van der Waals surface area contributed by atoms with Gasteiger partial charge in [-0.15, -0.1) is 0 Å². The molecule has 0 saturated heterocycles. The molecule has 178 valence electrons. The lowest BCUT2D eigenvalue weighted by Crippen LogP contribution is -2.45. The molecule has 0 heterocycles. The second-order valence-corrected chi connectivity index (χ2v) is 10.2. The van der Waals surface area contributed by atoms with Gasteiger partial charge in [-0.2, -0.15) is 0 Å². The van der Waals surface area contributed by atoms with E-state index in [1.54, 1.807) is 6.08 Å². The Morgan fingerprint density at radius 3 is 2.12 bits per heavy atom. The van der Waals surface area contributed by atoms with Crippen molar-refractivity contribution in [2.24, 2.45) is 16.7 Å². The van der Waals surface area contributed by atoms with Crippen LogP contribution in [-0.4, -0.2) is 18.7 Å². The normalized spacial score (nSPS) is 17.8. The van der Waals surface area contributed by atoms with E-state index in [2.05, 4.69) is 53.3 Å². The maximum atomic E-state index is 11.7. The summed E-state index contributed by atoms with van der Waals surface area (Å²) in [5.41, 5.74) is 2.23. The van der Waals surface area contributed by atoms with Gasteiger partial charge in [0.1, 0.15) is 12.1 Å². The molecular formula is C29H44O3. The topological polar surface area (TPSA) is 43.4 Å². The van der Waals surface area contributed by atoms with E-state index in [-0.39, 0.29) is 16.7 Å². The van der Waals surface area contributed by atoms with E-state index in [0.29, 0.717) is 25.2 Å². The van der Waals surface area contributed by atoms with Crippen molar-refractivity contribution in [2.45, 2.75) is 86.5 Å². The van der Waals surface area contributed by atoms with Gasteiger partial charge in [0.25, 0.3) is 0 Å². The average molecular weight is 441 g/mol. The number of carbonyl (C=O) groups excluding carboxylic acids is 2. The van der Waals surface area contributed by atoms with Crippen LogP contribution >= 0.6 is 0 Å². The summed E-state index contributed by atoms with van der Waals surface area (Å²) >= 11 is 0. The summed E-state index contributed by atoms with van der Waals surface area (Å²) in [7, 11) is 0. The van der Waals surface area contributed by atoms with Crippen LogP contribution in [0.3, 0.4) is 0 Å². The van der Waals surface area contributed by atoms with Crippen molar-refractivity contribution in [2.75, 3.05) is 6.61 Å². The molecular weight excluding hydrogens is 396 g/mol. The minimum absolute atomic E-state index is 0.0505. The van der Waals surface area contributed by atoms with Gasteiger partial charge in [0.2, 0.25) is 0 Å². The molecule has 32 heavy (non-hydrogen) atoms. The first-order chi connectivity index (χ1) is 15.1. The van der Waals surface area contributed by atoms with Crippen molar-refractivity contribution in [3.05, 3.63) is 54.3 Å². The first-order valence-electron chi connectivity index (χ1n) is 12.1. The quantitative estimate of drug-likeness (QED) is 0.161. The third kappa shape index (κ3) is 8.76. The number of ether oxygens (including phenoxy) is 1. The lowest BCUT2D eigenvalue weighted by Gasteiger charge is -2.48. The third-order valence-corrected chi connectivity index (χ3v) is 6.23. The standard InChI is InChI=1S/C15H20O.C14H24O2/c1-2-3-4-6-11-15(12-13-16)14-9-7-5-8-10-14;1-7-16-10(2)12-13(3,4)8-11(15)9-14(12,5)6/h5,7-10,12-13H,2-4,6,11H2,1H3;12H,2,7-9H2,1,3-6H3. The van der Waals surface area contributed by atoms with E-state index in [1.165, 1.54) is 31.2 Å². The Kier molecular flexibility index (Phi) is 11.7. The fourth-order valence-corrected chi connectivity index (χ4v) is 5.28. The monoisotopic (exact) mass is 440 g/mol. The molecule has 0 amide bonds. The smallest absolute Gasteiger partial charge is 0.143 e. The number of hydrogen-bond donors (Lipinski definition) is 0. The van der Waals surface area contributed by atoms with Crippen molar-refractivity contribution < 1.29 is 14.3 Å². The van der Waals surface area contributed by atoms with Crippen molar-refractivity contribution in [1.82, 2.24) is 0 Å². The van der Waals surface area contributed by atoms with Crippen molar-refractivity contribution >= 4 is 17.6 Å². The van der Waals surface area contributed by atoms with Crippen LogP contribution in [0.15, 0.2) is 48.7 Å². The van der Waals surface area contributed by atoms with Crippen molar-refractivity contribution in [1.29, 1.82) is 0 Å². The molecule has 0 radical (unpaired) electrons. The predicted octanol–water partition coefficient (Wildman–Crippen LogP) is 7.81. The highest BCUT2D eigenvalue weighted by Gasteiger charge is 2.49. The second-order valence-electron chi connectivity index (χ2n) is 10.2. The number of ketones is 1. The number of carbonyl (C=O) groups is 2. The SMILES string of the molecule is C=C(OCC)C1C(C)(C)CC(=O)CC1(C)C.CCCCCCC(=CC=O)c1ccccc1. The maximum absolute atomic E-state index is 11.7. The first kappa shape index (κ1) is 27.9. The Labute approximate surface area is 196 Å². The lowest BCUT2D eigenvalue weighted by molar-refractivity contribution is -0.131. The van der Waals surface area contributed by atoms with Crippen molar-refractivity contribution in [3.63, 3.8) is 0 Å². The highest BCUT2D eigenvalue weighted by molar-refractivity contribution is 5.81. The molecule has 1 aromatic rings. The zero-order valence-corrected chi connectivity index (χ0v) is 21.2. The third-order valence-electron chi connectivity index (χ3n) is 6.23. The van der Waals surface area contributed by atoms with Gasteiger partial charge in [-0.05, 0) is 47.8 Å². The van der Waals surface area contributed by atoms with Crippen LogP contribution in [0.5, 0.6) is 0 Å². The number of benzene rings is 1. The summed E-state index contributed by atoms with van der Waals surface area (Å²) in [5.74, 6) is 1.44. The minimum atomic E-state index is -0.0505. The van der Waals surface area contributed by atoms with Gasteiger partial charge in [-0.3, -0.25) is 9.59 Å². The summed E-state index contributed by atoms with van der Waals surface area (Å²) < 4.78 is 5.58. The molecule has 0 aromatic heterocycles. The Balaban J connectivity index is 0.000000320. The van der Waals surface area contributed by atoms with E-state index in [4.69, 9.17) is 4.74 Å². The molecule has 1 aliphatic rings. The summed E-state index contributed by atoms with van der Waals surface area (Å²) in [5, 5.41) is 0. The molecule has 1 saturated carbocycles.